The first-order chi connectivity index (χ1) is 17.8. The van der Waals surface area contributed by atoms with Gasteiger partial charge in [0, 0.05) is 37.7 Å². The summed E-state index contributed by atoms with van der Waals surface area (Å²) in [5.74, 6) is 1.12. The van der Waals surface area contributed by atoms with Gasteiger partial charge in [-0.1, -0.05) is 41.9 Å². The van der Waals surface area contributed by atoms with E-state index >= 15 is 0 Å². The second-order valence-corrected chi connectivity index (χ2v) is 11.4. The monoisotopic (exact) mass is 544 g/mol. The van der Waals surface area contributed by atoms with E-state index in [0.29, 0.717) is 50.1 Å². The van der Waals surface area contributed by atoms with Crippen LogP contribution in [0.15, 0.2) is 71.6 Å². The summed E-state index contributed by atoms with van der Waals surface area (Å²) in [5, 5.41) is 0.668. The van der Waals surface area contributed by atoms with Crippen molar-refractivity contribution in [2.24, 2.45) is 0 Å². The first-order valence-corrected chi connectivity index (χ1v) is 14.0. The molecule has 0 N–H and O–H groups in total. The molecule has 37 heavy (non-hydrogen) atoms. The number of rotatable bonds is 10. The van der Waals surface area contributed by atoms with E-state index in [9.17, 15) is 8.42 Å². The van der Waals surface area contributed by atoms with Crippen molar-refractivity contribution < 1.29 is 22.6 Å². The van der Waals surface area contributed by atoms with Gasteiger partial charge in [0.05, 0.1) is 26.9 Å². The molecule has 0 amide bonds. The van der Waals surface area contributed by atoms with Gasteiger partial charge >= 0.3 is 0 Å². The Labute approximate surface area is 224 Å². The molecule has 0 saturated carbocycles. The predicted octanol–water partition coefficient (Wildman–Crippen LogP) is 4.93. The zero-order valence-corrected chi connectivity index (χ0v) is 23.0. The summed E-state index contributed by atoms with van der Waals surface area (Å²) < 4.78 is 45.5. The Kier molecular flexibility index (Phi) is 9.10. The fourth-order valence-electron chi connectivity index (χ4n) is 4.43. The van der Waals surface area contributed by atoms with Crippen LogP contribution in [0.5, 0.6) is 11.5 Å². The van der Waals surface area contributed by atoms with Crippen molar-refractivity contribution in [1.29, 1.82) is 0 Å². The number of halogens is 1. The molecule has 7 nitrogen and oxygen atoms in total. The van der Waals surface area contributed by atoms with Crippen LogP contribution in [0, 0.1) is 6.92 Å². The fraction of sp³-hybridized carbons (Fsp3) is 0.357. The topological polar surface area (TPSA) is 68.3 Å². The number of ether oxygens (including phenoxy) is 3. The molecule has 9 heteroatoms. The van der Waals surface area contributed by atoms with Gasteiger partial charge in [-0.25, -0.2) is 8.42 Å². The average molecular weight is 545 g/mol. The summed E-state index contributed by atoms with van der Waals surface area (Å²) in [4.78, 5) is 2.45. The van der Waals surface area contributed by atoms with Crippen molar-refractivity contribution in [2.45, 2.75) is 24.5 Å². The Bertz CT molecular complexity index is 1310. The maximum Gasteiger partial charge on any atom is 0.246 e. The number of piperazine rings is 1. The van der Waals surface area contributed by atoms with Crippen LogP contribution in [0.2, 0.25) is 5.02 Å². The molecule has 0 bridgehead atoms. The molecule has 3 aromatic carbocycles. The Hall–Kier alpha value is -2.62. The lowest BCUT2D eigenvalue weighted by Crippen LogP contribution is -2.49. The maximum atomic E-state index is 13.4. The van der Waals surface area contributed by atoms with E-state index in [4.69, 9.17) is 25.8 Å². The van der Waals surface area contributed by atoms with Gasteiger partial charge in [-0.15, -0.1) is 0 Å². The van der Waals surface area contributed by atoms with Crippen molar-refractivity contribution in [3.05, 3.63) is 88.4 Å². The molecule has 1 aliphatic heterocycles. The minimum Gasteiger partial charge on any atom is -0.497 e. The molecule has 198 valence electrons. The molecular weight excluding hydrogens is 512 g/mol. The van der Waals surface area contributed by atoms with Gasteiger partial charge in [0.2, 0.25) is 10.0 Å². The van der Waals surface area contributed by atoms with E-state index in [0.717, 1.165) is 22.4 Å². The van der Waals surface area contributed by atoms with Gasteiger partial charge in [0.25, 0.3) is 0 Å². The second kappa shape index (κ2) is 12.3. The van der Waals surface area contributed by atoms with Crippen molar-refractivity contribution in [3.8, 4) is 11.5 Å². The Morgan fingerprint density at radius 1 is 0.919 bits per heavy atom. The summed E-state index contributed by atoms with van der Waals surface area (Å²) >= 11 is 6.15. The van der Waals surface area contributed by atoms with Crippen LogP contribution in [-0.4, -0.2) is 64.6 Å². The number of aryl methyl sites for hydroxylation is 1. The summed E-state index contributed by atoms with van der Waals surface area (Å²) in [7, 11) is -0.537. The number of benzene rings is 3. The van der Waals surface area contributed by atoms with Crippen molar-refractivity contribution in [3.63, 3.8) is 0 Å². The minimum absolute atomic E-state index is 0.211. The predicted molar refractivity (Wildman–Crippen MR) is 145 cm³/mol. The van der Waals surface area contributed by atoms with Crippen LogP contribution >= 0.6 is 11.6 Å². The third-order valence-corrected chi connectivity index (χ3v) is 8.65. The standard InChI is InChI=1S/C28H33ClN2O5S/c1-21-10-11-26(35-3)28(16-21)37(32,33)31-14-12-30(13-15-31)19-27(23-7-5-9-25(18-23)34-2)36-20-22-6-4-8-24(29)17-22/h4-11,16-18,27H,12-15,19-20H2,1-3H3/t27-/m1/s1. The molecule has 0 aliphatic carbocycles. The molecule has 3 aromatic rings. The Morgan fingerprint density at radius 3 is 2.38 bits per heavy atom. The van der Waals surface area contributed by atoms with Crippen LogP contribution in [0.3, 0.4) is 0 Å². The third-order valence-electron chi connectivity index (χ3n) is 6.50. The van der Waals surface area contributed by atoms with Crippen LogP contribution in [0.1, 0.15) is 22.8 Å². The van der Waals surface area contributed by atoms with Crippen LogP contribution in [0.4, 0.5) is 0 Å². The quantitative estimate of drug-likeness (QED) is 0.360. The van der Waals surface area contributed by atoms with Gasteiger partial charge in [-0.05, 0) is 60.0 Å². The highest BCUT2D eigenvalue weighted by Crippen LogP contribution is 2.29. The smallest absolute Gasteiger partial charge is 0.246 e. The molecule has 1 saturated heterocycles. The minimum atomic E-state index is -3.67. The molecule has 0 aromatic heterocycles. The number of nitrogens with zero attached hydrogens (tertiary/aromatic N) is 2. The number of methoxy groups -OCH3 is 2. The highest BCUT2D eigenvalue weighted by molar-refractivity contribution is 7.89. The average Bonchev–Trinajstić information content (AvgIpc) is 2.91. The number of hydrogen-bond acceptors (Lipinski definition) is 6. The van der Waals surface area contributed by atoms with Gasteiger partial charge < -0.3 is 14.2 Å². The molecule has 1 atom stereocenters. The van der Waals surface area contributed by atoms with E-state index in [1.807, 2.05) is 61.5 Å². The second-order valence-electron chi connectivity index (χ2n) is 9.07. The van der Waals surface area contributed by atoms with E-state index in [-0.39, 0.29) is 11.0 Å². The Morgan fingerprint density at radius 2 is 1.68 bits per heavy atom. The molecule has 0 radical (unpaired) electrons. The highest BCUT2D eigenvalue weighted by atomic mass is 35.5. The molecule has 4 rings (SSSR count). The Balaban J connectivity index is 1.46. The first-order valence-electron chi connectivity index (χ1n) is 12.2. The first kappa shape index (κ1) is 27.4. The number of hydrogen-bond donors (Lipinski definition) is 0. The normalized spacial score (nSPS) is 15.9. The van der Waals surface area contributed by atoms with E-state index in [1.54, 1.807) is 19.2 Å². The molecular formula is C28H33ClN2O5S. The van der Waals surface area contributed by atoms with Crippen LogP contribution in [-0.2, 0) is 21.4 Å². The van der Waals surface area contributed by atoms with E-state index in [2.05, 4.69) is 4.90 Å². The zero-order valence-electron chi connectivity index (χ0n) is 21.4. The summed E-state index contributed by atoms with van der Waals surface area (Å²) in [6, 6.07) is 20.7. The lowest BCUT2D eigenvalue weighted by molar-refractivity contribution is 0.00762. The summed E-state index contributed by atoms with van der Waals surface area (Å²) in [5.41, 5.74) is 2.86. The third kappa shape index (κ3) is 6.83. The number of sulfonamides is 1. The summed E-state index contributed by atoms with van der Waals surface area (Å²) in [6.07, 6.45) is -0.228. The largest absolute Gasteiger partial charge is 0.497 e. The summed E-state index contributed by atoms with van der Waals surface area (Å²) in [6.45, 7) is 4.86. The molecule has 0 spiro atoms. The van der Waals surface area contributed by atoms with Gasteiger partial charge in [-0.2, -0.15) is 4.31 Å². The van der Waals surface area contributed by atoms with Crippen LogP contribution in [0.25, 0.3) is 0 Å². The lowest BCUT2D eigenvalue weighted by atomic mass is 10.1. The van der Waals surface area contributed by atoms with Gasteiger partial charge in [0.15, 0.2) is 0 Å². The van der Waals surface area contributed by atoms with E-state index < -0.39 is 10.0 Å². The molecule has 0 unspecified atom stereocenters. The SMILES string of the molecule is COc1cccc([C@@H](CN2CCN(S(=O)(=O)c3cc(C)ccc3OC)CC2)OCc2cccc(Cl)c2)c1. The van der Waals surface area contributed by atoms with E-state index in [1.165, 1.54) is 11.4 Å². The highest BCUT2D eigenvalue weighted by Gasteiger charge is 2.32. The van der Waals surface area contributed by atoms with Crippen molar-refractivity contribution in [1.82, 2.24) is 9.21 Å². The van der Waals surface area contributed by atoms with Gasteiger partial charge in [-0.3, -0.25) is 4.90 Å². The van der Waals surface area contributed by atoms with Gasteiger partial charge in [0.1, 0.15) is 16.4 Å². The molecule has 1 fully saturated rings. The molecule has 1 aliphatic rings. The van der Waals surface area contributed by atoms with Crippen LogP contribution < -0.4 is 9.47 Å². The van der Waals surface area contributed by atoms with Crippen molar-refractivity contribution in [2.75, 3.05) is 46.9 Å². The fourth-order valence-corrected chi connectivity index (χ4v) is 6.31. The lowest BCUT2D eigenvalue weighted by Gasteiger charge is -2.36. The maximum absolute atomic E-state index is 13.4. The van der Waals surface area contributed by atoms with Crippen molar-refractivity contribution >= 4 is 21.6 Å². The molecule has 1 heterocycles. The zero-order chi connectivity index (χ0) is 26.4.